The third-order valence-corrected chi connectivity index (χ3v) is 3.12. The summed E-state index contributed by atoms with van der Waals surface area (Å²) in [5, 5.41) is 11.4. The van der Waals surface area contributed by atoms with Crippen LogP contribution in [0.25, 0.3) is 0 Å². The number of hydrogen-bond donors (Lipinski definition) is 2. The first-order chi connectivity index (χ1) is 10.3. The highest BCUT2D eigenvalue weighted by Crippen LogP contribution is 2.26. The molecule has 6 nitrogen and oxygen atoms in total. The molecule has 0 radical (unpaired) electrons. The molecule has 0 aliphatic carbocycles. The van der Waals surface area contributed by atoms with Crippen LogP contribution in [0.15, 0.2) is 24.3 Å². The number of anilines is 1. The fourth-order valence-electron chi connectivity index (χ4n) is 2.23. The van der Waals surface area contributed by atoms with Gasteiger partial charge in [0, 0.05) is 18.3 Å². The van der Waals surface area contributed by atoms with Crippen molar-refractivity contribution >= 4 is 17.7 Å². The largest absolute Gasteiger partial charge is 0.573 e. The van der Waals surface area contributed by atoms with Crippen LogP contribution in [0.1, 0.15) is 12.8 Å². The zero-order valence-corrected chi connectivity index (χ0v) is 11.3. The van der Waals surface area contributed by atoms with Crippen LogP contribution in [-0.2, 0) is 4.79 Å². The Morgan fingerprint density at radius 2 is 2.09 bits per heavy atom. The van der Waals surface area contributed by atoms with Crippen molar-refractivity contribution in [2.75, 3.05) is 11.9 Å². The number of benzene rings is 1. The number of rotatable bonds is 3. The number of ether oxygens (including phenoxy) is 1. The van der Waals surface area contributed by atoms with Gasteiger partial charge in [-0.05, 0) is 25.0 Å². The van der Waals surface area contributed by atoms with Crippen molar-refractivity contribution in [3.05, 3.63) is 24.3 Å². The lowest BCUT2D eigenvalue weighted by Crippen LogP contribution is -2.42. The van der Waals surface area contributed by atoms with Crippen LogP contribution in [0.2, 0.25) is 0 Å². The minimum Gasteiger partial charge on any atom is -0.480 e. The molecule has 1 aromatic rings. The van der Waals surface area contributed by atoms with Gasteiger partial charge in [-0.1, -0.05) is 6.07 Å². The standard InChI is InChI=1S/C13H13F3N2O4/c14-13(15,16)22-9-4-1-3-8(7-9)17-12(21)18-6-2-5-10(18)11(19)20/h1,3-4,7,10H,2,5-6H2,(H,17,21)(H,19,20). The number of halogens is 3. The van der Waals surface area contributed by atoms with Crippen LogP contribution < -0.4 is 10.1 Å². The van der Waals surface area contributed by atoms with Crippen LogP contribution in [0.4, 0.5) is 23.7 Å². The molecule has 1 fully saturated rings. The molecule has 0 saturated carbocycles. The average molecular weight is 318 g/mol. The SMILES string of the molecule is O=C(O)C1CCCN1C(=O)Nc1cccc(OC(F)(F)F)c1. The van der Waals surface area contributed by atoms with Crippen LogP contribution in [-0.4, -0.2) is 41.0 Å². The Morgan fingerprint density at radius 1 is 1.36 bits per heavy atom. The van der Waals surface area contributed by atoms with Crippen LogP contribution >= 0.6 is 0 Å². The Hall–Kier alpha value is -2.45. The predicted molar refractivity (Wildman–Crippen MR) is 69.5 cm³/mol. The number of carboxylic acids is 1. The lowest BCUT2D eigenvalue weighted by atomic mass is 10.2. The topological polar surface area (TPSA) is 78.9 Å². The van der Waals surface area contributed by atoms with Gasteiger partial charge >= 0.3 is 18.4 Å². The first-order valence-electron chi connectivity index (χ1n) is 6.42. The van der Waals surface area contributed by atoms with Crippen molar-refractivity contribution in [3.63, 3.8) is 0 Å². The monoisotopic (exact) mass is 318 g/mol. The molecular formula is C13H13F3N2O4. The van der Waals surface area contributed by atoms with Crippen LogP contribution in [0.3, 0.4) is 0 Å². The quantitative estimate of drug-likeness (QED) is 0.898. The minimum absolute atomic E-state index is 0.0859. The lowest BCUT2D eigenvalue weighted by Gasteiger charge is -2.22. The summed E-state index contributed by atoms with van der Waals surface area (Å²) in [6.07, 6.45) is -3.92. The Balaban J connectivity index is 2.05. The summed E-state index contributed by atoms with van der Waals surface area (Å²) in [6, 6.07) is 3.18. The van der Waals surface area contributed by atoms with Crippen molar-refractivity contribution < 1.29 is 32.6 Å². The van der Waals surface area contributed by atoms with Gasteiger partial charge in [-0.15, -0.1) is 13.2 Å². The van der Waals surface area contributed by atoms with Gasteiger partial charge in [0.15, 0.2) is 0 Å². The summed E-state index contributed by atoms with van der Waals surface area (Å²) in [7, 11) is 0. The van der Waals surface area contributed by atoms with E-state index in [2.05, 4.69) is 10.1 Å². The zero-order valence-electron chi connectivity index (χ0n) is 11.3. The highest BCUT2D eigenvalue weighted by Gasteiger charge is 2.34. The number of likely N-dealkylation sites (tertiary alicyclic amines) is 1. The number of hydrogen-bond acceptors (Lipinski definition) is 3. The Morgan fingerprint density at radius 3 is 2.73 bits per heavy atom. The Labute approximate surface area is 123 Å². The molecule has 2 N–H and O–H groups in total. The summed E-state index contributed by atoms with van der Waals surface area (Å²) in [6.45, 7) is 0.279. The molecule has 2 rings (SSSR count). The maximum atomic E-state index is 12.1. The maximum Gasteiger partial charge on any atom is 0.573 e. The summed E-state index contributed by atoms with van der Waals surface area (Å²) < 4.78 is 40.2. The van der Waals surface area contributed by atoms with Gasteiger partial charge in [-0.2, -0.15) is 0 Å². The van der Waals surface area contributed by atoms with Crippen LogP contribution in [0, 0.1) is 0 Å². The highest BCUT2D eigenvalue weighted by molar-refractivity contribution is 5.92. The second kappa shape index (κ2) is 6.12. The number of carbonyl (C=O) groups is 2. The number of carboxylic acid groups (broad SMARTS) is 1. The molecule has 22 heavy (non-hydrogen) atoms. The number of aliphatic carboxylic acids is 1. The van der Waals surface area contributed by atoms with Gasteiger partial charge in [0.1, 0.15) is 11.8 Å². The van der Waals surface area contributed by atoms with E-state index in [1.54, 1.807) is 0 Å². The molecule has 2 amide bonds. The van der Waals surface area contributed by atoms with Gasteiger partial charge < -0.3 is 20.1 Å². The number of nitrogens with zero attached hydrogens (tertiary/aromatic N) is 1. The number of amides is 2. The van der Waals surface area contributed by atoms with E-state index in [0.29, 0.717) is 12.8 Å². The molecule has 0 aromatic heterocycles. The van der Waals surface area contributed by atoms with Gasteiger partial charge in [0.2, 0.25) is 0 Å². The van der Waals surface area contributed by atoms with Crippen LogP contribution in [0.5, 0.6) is 5.75 Å². The fourth-order valence-corrected chi connectivity index (χ4v) is 2.23. The van der Waals surface area contributed by atoms with Crippen molar-refractivity contribution in [2.24, 2.45) is 0 Å². The summed E-state index contributed by atoms with van der Waals surface area (Å²) in [5.41, 5.74) is 0.0859. The molecule has 0 bridgehead atoms. The number of urea groups is 1. The van der Waals surface area contributed by atoms with E-state index in [1.807, 2.05) is 0 Å². The molecule has 1 saturated heterocycles. The van der Waals surface area contributed by atoms with E-state index in [1.165, 1.54) is 12.1 Å². The third kappa shape index (κ3) is 4.03. The molecule has 1 atom stereocenters. The van der Waals surface area contributed by atoms with Gasteiger partial charge in [0.05, 0.1) is 0 Å². The highest BCUT2D eigenvalue weighted by atomic mass is 19.4. The Kier molecular flexibility index (Phi) is 4.43. The number of alkyl halides is 3. The molecule has 1 aliphatic heterocycles. The first kappa shape index (κ1) is 15.9. The molecule has 9 heteroatoms. The third-order valence-electron chi connectivity index (χ3n) is 3.12. The molecule has 1 aliphatic rings. The van der Waals surface area contributed by atoms with Crippen molar-refractivity contribution in [2.45, 2.75) is 25.2 Å². The fraction of sp³-hybridized carbons (Fsp3) is 0.385. The van der Waals surface area contributed by atoms with Gasteiger partial charge in [-0.25, -0.2) is 9.59 Å². The average Bonchev–Trinajstić information content (AvgIpc) is 2.86. The first-order valence-corrected chi connectivity index (χ1v) is 6.42. The molecule has 120 valence electrons. The van der Waals surface area contributed by atoms with Crippen molar-refractivity contribution in [1.82, 2.24) is 4.90 Å². The number of nitrogens with one attached hydrogen (secondary N) is 1. The van der Waals surface area contributed by atoms with Crippen molar-refractivity contribution in [1.29, 1.82) is 0 Å². The maximum absolute atomic E-state index is 12.1. The van der Waals surface area contributed by atoms with E-state index in [4.69, 9.17) is 5.11 Å². The van der Waals surface area contributed by atoms with E-state index in [-0.39, 0.29) is 12.2 Å². The lowest BCUT2D eigenvalue weighted by molar-refractivity contribution is -0.274. The minimum atomic E-state index is -4.83. The molecule has 0 spiro atoms. The molecular weight excluding hydrogens is 305 g/mol. The summed E-state index contributed by atoms with van der Waals surface area (Å²) in [4.78, 5) is 24.2. The van der Waals surface area contributed by atoms with Crippen molar-refractivity contribution in [3.8, 4) is 5.75 Å². The normalized spacial score (nSPS) is 18.1. The number of carbonyl (C=O) groups excluding carboxylic acids is 1. The van der Waals surface area contributed by atoms with E-state index < -0.39 is 30.2 Å². The van der Waals surface area contributed by atoms with Gasteiger partial charge in [0.25, 0.3) is 0 Å². The molecule has 1 aromatic carbocycles. The second-order valence-corrected chi connectivity index (χ2v) is 4.70. The second-order valence-electron chi connectivity index (χ2n) is 4.70. The Bertz CT molecular complexity index is 577. The smallest absolute Gasteiger partial charge is 0.480 e. The molecule has 1 heterocycles. The predicted octanol–water partition coefficient (Wildman–Crippen LogP) is 2.67. The molecule has 1 unspecified atom stereocenters. The zero-order chi connectivity index (χ0) is 16.3. The van der Waals surface area contributed by atoms with E-state index in [9.17, 15) is 22.8 Å². The van der Waals surface area contributed by atoms with E-state index >= 15 is 0 Å². The summed E-state index contributed by atoms with van der Waals surface area (Å²) in [5.74, 6) is -1.58. The van der Waals surface area contributed by atoms with Gasteiger partial charge in [-0.3, -0.25) is 0 Å². The van der Waals surface area contributed by atoms with E-state index in [0.717, 1.165) is 17.0 Å². The summed E-state index contributed by atoms with van der Waals surface area (Å²) >= 11 is 0.